The van der Waals surface area contributed by atoms with Crippen LogP contribution in [0, 0.1) is 0 Å². The van der Waals surface area contributed by atoms with Crippen molar-refractivity contribution < 1.29 is 45.8 Å². The first-order valence-corrected chi connectivity index (χ1v) is 11.7. The molecule has 0 aliphatic carbocycles. The fourth-order valence-corrected chi connectivity index (χ4v) is 3.85. The lowest BCUT2D eigenvalue weighted by molar-refractivity contribution is -0.207. The quantitative estimate of drug-likeness (QED) is 0.339. The lowest BCUT2D eigenvalue weighted by atomic mass is 9.93. The molecule has 40 heavy (non-hydrogen) atoms. The number of hydrogen-bond acceptors (Lipinski definition) is 6. The molecule has 3 N–H and O–H groups in total. The topological polar surface area (TPSA) is 129 Å². The van der Waals surface area contributed by atoms with Crippen molar-refractivity contribution in [3.8, 4) is 11.4 Å². The minimum absolute atomic E-state index is 0.0162. The highest BCUT2D eigenvalue weighted by Gasteiger charge is 2.39. The van der Waals surface area contributed by atoms with Crippen LogP contribution in [-0.4, -0.2) is 50.2 Å². The fourth-order valence-electron chi connectivity index (χ4n) is 3.73. The zero-order chi connectivity index (χ0) is 29.8. The molecule has 2 atom stereocenters. The number of nitrogens with zero attached hydrogens (tertiary/aromatic N) is 3. The molecule has 3 rings (SSSR count). The molecule has 0 saturated carbocycles. The van der Waals surface area contributed by atoms with E-state index >= 15 is 0 Å². The number of aliphatic hydroxyl groups excluding tert-OH is 1. The third-order valence-electron chi connectivity index (χ3n) is 5.67. The molecule has 2 unspecified atom stereocenters. The largest absolute Gasteiger partial charge is 0.449 e. The number of rotatable bonds is 10. The molecule has 1 heterocycles. The number of carbonyl (C=O) groups excluding carboxylic acids is 2. The summed E-state index contributed by atoms with van der Waals surface area (Å²) in [5.41, 5.74) is 2.91. The molecule has 1 amide bonds. The van der Waals surface area contributed by atoms with E-state index in [1.807, 2.05) is 0 Å². The second-order valence-electron chi connectivity index (χ2n) is 8.63. The van der Waals surface area contributed by atoms with E-state index in [2.05, 4.69) is 5.10 Å². The summed E-state index contributed by atoms with van der Waals surface area (Å²) in [6, 6.07) is 9.42. The molecule has 3 aromatic rings. The van der Waals surface area contributed by atoms with E-state index in [-0.39, 0.29) is 22.0 Å². The van der Waals surface area contributed by atoms with Crippen LogP contribution in [0.15, 0.2) is 53.3 Å². The van der Waals surface area contributed by atoms with Crippen molar-refractivity contribution in [2.45, 2.75) is 43.9 Å². The Kier molecular flexibility index (Phi) is 9.30. The number of nitrogens with two attached hydrogens (primary N) is 1. The monoisotopic (exact) mass is 594 g/mol. The van der Waals surface area contributed by atoms with Gasteiger partial charge in [0, 0.05) is 22.9 Å². The number of hydrogen-bond donors (Lipinski definition) is 2. The molecular formula is C24H21ClF6N4O5. The van der Waals surface area contributed by atoms with Crippen molar-refractivity contribution in [3.63, 3.8) is 0 Å². The molecule has 1 aromatic heterocycles. The Morgan fingerprint density at radius 3 is 2.30 bits per heavy atom. The lowest BCUT2D eigenvalue weighted by Gasteiger charge is -2.18. The maximum atomic E-state index is 13.2. The van der Waals surface area contributed by atoms with Gasteiger partial charge in [-0.25, -0.2) is 14.3 Å². The number of aromatic nitrogens is 3. The van der Waals surface area contributed by atoms with Gasteiger partial charge >= 0.3 is 24.1 Å². The average Bonchev–Trinajstić information content (AvgIpc) is 3.15. The summed E-state index contributed by atoms with van der Waals surface area (Å²) >= 11 is 5.84. The van der Waals surface area contributed by atoms with Crippen LogP contribution < -0.4 is 11.4 Å². The Morgan fingerprint density at radius 2 is 1.73 bits per heavy atom. The number of ether oxygens (including phenoxy) is 1. The molecule has 0 spiro atoms. The predicted octanol–water partition coefficient (Wildman–Crippen LogP) is 4.15. The van der Waals surface area contributed by atoms with Gasteiger partial charge in [0.15, 0.2) is 17.7 Å². The molecule has 0 aliphatic heterocycles. The molecule has 216 valence electrons. The first-order chi connectivity index (χ1) is 18.6. The molecule has 9 nitrogen and oxygen atoms in total. The summed E-state index contributed by atoms with van der Waals surface area (Å²) in [4.78, 5) is 37.0. The van der Waals surface area contributed by atoms with Crippen molar-refractivity contribution in [3.05, 3.63) is 75.2 Å². The van der Waals surface area contributed by atoms with E-state index in [0.717, 1.165) is 18.2 Å². The Balaban J connectivity index is 1.93. The van der Waals surface area contributed by atoms with E-state index in [9.17, 15) is 45.8 Å². The molecule has 2 aromatic carbocycles. The summed E-state index contributed by atoms with van der Waals surface area (Å²) in [5.74, 6) is -2.19. The van der Waals surface area contributed by atoms with Gasteiger partial charge in [-0.1, -0.05) is 29.8 Å². The summed E-state index contributed by atoms with van der Waals surface area (Å²) in [5, 5.41) is 13.8. The number of ketones is 1. The average molecular weight is 595 g/mol. The highest BCUT2D eigenvalue weighted by Crippen LogP contribution is 2.32. The highest BCUT2D eigenvalue weighted by atomic mass is 35.5. The lowest BCUT2D eigenvalue weighted by Crippen LogP contribution is -2.37. The molecule has 0 bridgehead atoms. The minimum atomic E-state index is -5.06. The van der Waals surface area contributed by atoms with Gasteiger partial charge in [0.2, 0.25) is 0 Å². The first-order valence-electron chi connectivity index (χ1n) is 11.4. The van der Waals surface area contributed by atoms with Crippen LogP contribution in [0.1, 0.15) is 23.5 Å². The predicted molar refractivity (Wildman–Crippen MR) is 128 cm³/mol. The summed E-state index contributed by atoms with van der Waals surface area (Å²) in [6.45, 7) is -2.59. The second-order valence-corrected chi connectivity index (χ2v) is 9.07. The minimum Gasteiger partial charge on any atom is -0.449 e. The maximum Gasteiger partial charge on any atom is 0.416 e. The Bertz CT molecular complexity index is 1420. The Hall–Kier alpha value is -3.85. The molecule has 0 saturated heterocycles. The first kappa shape index (κ1) is 30.7. The second kappa shape index (κ2) is 12.1. The molecule has 0 fully saturated rings. The van der Waals surface area contributed by atoms with E-state index in [0.29, 0.717) is 9.25 Å². The summed E-state index contributed by atoms with van der Waals surface area (Å²) in [7, 11) is 0. The Morgan fingerprint density at radius 1 is 1.07 bits per heavy atom. The van der Waals surface area contributed by atoms with Crippen molar-refractivity contribution in [1.82, 2.24) is 14.3 Å². The van der Waals surface area contributed by atoms with E-state index in [1.165, 1.54) is 30.3 Å². The fraction of sp³-hybridized carbons (Fsp3) is 0.333. The van der Waals surface area contributed by atoms with Crippen molar-refractivity contribution in [2.24, 2.45) is 5.73 Å². The van der Waals surface area contributed by atoms with Crippen molar-refractivity contribution in [2.75, 3.05) is 6.61 Å². The number of carbonyl (C=O) groups is 2. The molecule has 0 radical (unpaired) electrons. The standard InChI is InChI=1S/C24H21ClF6N4O5/c25-17-6-4-13(5-7-17)20-33-35(22(39)34(20)11-19(37)24(29,30)31)10-18(36)9-15(12-40-21(32)38)14-2-1-3-16(8-14)23(26,27)28/h1-8,15,19,37H,9-12H2,(H2,32,38). The highest BCUT2D eigenvalue weighted by molar-refractivity contribution is 6.30. The van der Waals surface area contributed by atoms with Crippen LogP contribution in [0.3, 0.4) is 0 Å². The van der Waals surface area contributed by atoms with Crippen molar-refractivity contribution >= 4 is 23.5 Å². The van der Waals surface area contributed by atoms with Crippen LogP contribution in [0.25, 0.3) is 11.4 Å². The van der Waals surface area contributed by atoms with E-state index in [4.69, 9.17) is 22.1 Å². The van der Waals surface area contributed by atoms with Gasteiger partial charge in [0.05, 0.1) is 12.1 Å². The van der Waals surface area contributed by atoms with Gasteiger partial charge < -0.3 is 15.6 Å². The van der Waals surface area contributed by atoms with Gasteiger partial charge in [-0.15, -0.1) is 5.10 Å². The summed E-state index contributed by atoms with van der Waals surface area (Å²) < 4.78 is 84.4. The number of aliphatic hydroxyl groups is 1. The van der Waals surface area contributed by atoms with E-state index in [1.54, 1.807) is 0 Å². The zero-order valence-corrected chi connectivity index (χ0v) is 21.0. The number of primary amides is 1. The van der Waals surface area contributed by atoms with Crippen LogP contribution >= 0.6 is 11.6 Å². The van der Waals surface area contributed by atoms with Crippen LogP contribution in [0.4, 0.5) is 31.1 Å². The van der Waals surface area contributed by atoms with Crippen LogP contribution in [-0.2, 0) is 28.8 Å². The third-order valence-corrected chi connectivity index (χ3v) is 5.92. The van der Waals surface area contributed by atoms with Gasteiger partial charge in [0.25, 0.3) is 0 Å². The number of amides is 1. The molecular weight excluding hydrogens is 574 g/mol. The summed E-state index contributed by atoms with van der Waals surface area (Å²) in [6.07, 6.45) is -14.5. The van der Waals surface area contributed by atoms with Gasteiger partial charge in [0.1, 0.15) is 13.2 Å². The third kappa shape index (κ3) is 7.85. The number of halogens is 7. The van der Waals surface area contributed by atoms with E-state index < -0.39 is 73.6 Å². The van der Waals surface area contributed by atoms with Gasteiger partial charge in [-0.3, -0.25) is 9.36 Å². The molecule has 0 aliphatic rings. The molecule has 16 heteroatoms. The number of Topliss-reactive ketones (excluding diaryl/α,β-unsaturated/α-hetero) is 1. The smallest absolute Gasteiger partial charge is 0.416 e. The number of alkyl halides is 6. The van der Waals surface area contributed by atoms with Crippen LogP contribution in [0.5, 0.6) is 0 Å². The maximum absolute atomic E-state index is 13.2. The number of benzene rings is 2. The van der Waals surface area contributed by atoms with Crippen molar-refractivity contribution in [1.29, 1.82) is 0 Å². The Labute approximate surface area is 226 Å². The van der Waals surface area contributed by atoms with Gasteiger partial charge in [-0.2, -0.15) is 26.3 Å². The normalized spacial score (nSPS) is 13.6. The SMILES string of the molecule is NC(=O)OCC(CC(=O)Cn1nc(-c2ccc(Cl)cc2)n(CC(O)C(F)(F)F)c1=O)c1cccc(C(F)(F)F)c1. The zero-order valence-electron chi connectivity index (χ0n) is 20.2. The van der Waals surface area contributed by atoms with Gasteiger partial charge in [-0.05, 0) is 35.9 Å². The van der Waals surface area contributed by atoms with Crippen LogP contribution in [0.2, 0.25) is 5.02 Å².